The molecule has 1 N–H and O–H groups in total. The molecular formula is C15H20ClFN2O. The summed E-state index contributed by atoms with van der Waals surface area (Å²) in [7, 11) is 0. The number of hydrogen-bond acceptors (Lipinski definition) is 2. The molecule has 1 aliphatic heterocycles. The largest absolute Gasteiger partial charge is 0.322 e. The van der Waals surface area contributed by atoms with Crippen LogP contribution in [0.15, 0.2) is 18.2 Å². The van der Waals surface area contributed by atoms with Crippen molar-refractivity contribution in [3.8, 4) is 0 Å². The molecule has 20 heavy (non-hydrogen) atoms. The van der Waals surface area contributed by atoms with Gasteiger partial charge in [0.15, 0.2) is 0 Å². The minimum absolute atomic E-state index is 0.177. The monoisotopic (exact) mass is 298 g/mol. The molecule has 1 saturated heterocycles. The number of rotatable bonds is 3. The van der Waals surface area contributed by atoms with E-state index in [1.807, 2.05) is 6.92 Å². The molecule has 3 nitrogen and oxygen atoms in total. The van der Waals surface area contributed by atoms with Gasteiger partial charge in [-0.25, -0.2) is 4.39 Å². The molecule has 0 unspecified atom stereocenters. The summed E-state index contributed by atoms with van der Waals surface area (Å²) < 4.78 is 13.7. The Kier molecular flexibility index (Phi) is 5.00. The van der Waals surface area contributed by atoms with Gasteiger partial charge < -0.3 is 5.32 Å². The van der Waals surface area contributed by atoms with E-state index in [-0.39, 0.29) is 17.6 Å². The number of carbonyl (C=O) groups is 1. The fraction of sp³-hybridized carbons (Fsp3) is 0.533. The van der Waals surface area contributed by atoms with Gasteiger partial charge in [0.25, 0.3) is 0 Å². The number of piperidine rings is 1. The first-order valence-electron chi connectivity index (χ1n) is 6.97. The van der Waals surface area contributed by atoms with Crippen molar-refractivity contribution in [3.63, 3.8) is 0 Å². The standard InChI is InChI=1S/C15H20ClFN2O/c1-10-4-3-7-19(9-10)11(2)15(20)18-14-6-5-12(16)8-13(14)17/h5-6,8,10-11H,3-4,7,9H2,1-2H3,(H,18,20)/t10-,11+/m1/s1. The van der Waals surface area contributed by atoms with Gasteiger partial charge in [-0.15, -0.1) is 0 Å². The number of halogens is 2. The van der Waals surface area contributed by atoms with E-state index in [1.165, 1.54) is 18.6 Å². The zero-order valence-corrected chi connectivity index (χ0v) is 12.6. The Labute approximate surface area is 124 Å². The van der Waals surface area contributed by atoms with Crippen molar-refractivity contribution in [1.29, 1.82) is 0 Å². The molecule has 1 amide bonds. The minimum Gasteiger partial charge on any atom is -0.322 e. The van der Waals surface area contributed by atoms with Gasteiger partial charge in [-0.1, -0.05) is 18.5 Å². The van der Waals surface area contributed by atoms with Gasteiger partial charge in [-0.05, 0) is 50.4 Å². The number of amides is 1. The van der Waals surface area contributed by atoms with Gasteiger partial charge in [-0.2, -0.15) is 0 Å². The lowest BCUT2D eigenvalue weighted by atomic mass is 9.99. The summed E-state index contributed by atoms with van der Waals surface area (Å²) in [5.74, 6) is -0.0864. The van der Waals surface area contributed by atoms with E-state index in [1.54, 1.807) is 6.07 Å². The van der Waals surface area contributed by atoms with E-state index >= 15 is 0 Å². The van der Waals surface area contributed by atoms with Crippen LogP contribution >= 0.6 is 11.6 Å². The molecule has 0 saturated carbocycles. The summed E-state index contributed by atoms with van der Waals surface area (Å²) in [6.07, 6.45) is 2.31. The quantitative estimate of drug-likeness (QED) is 0.926. The van der Waals surface area contributed by atoms with Crippen molar-refractivity contribution in [2.75, 3.05) is 18.4 Å². The van der Waals surface area contributed by atoms with E-state index in [9.17, 15) is 9.18 Å². The zero-order valence-electron chi connectivity index (χ0n) is 11.8. The normalized spacial score (nSPS) is 21.5. The number of hydrogen-bond donors (Lipinski definition) is 1. The van der Waals surface area contributed by atoms with E-state index in [4.69, 9.17) is 11.6 Å². The maximum atomic E-state index is 13.7. The molecule has 2 rings (SSSR count). The first kappa shape index (κ1) is 15.3. The number of likely N-dealkylation sites (tertiary alicyclic amines) is 1. The number of nitrogens with one attached hydrogen (secondary N) is 1. The van der Waals surface area contributed by atoms with Crippen LogP contribution in [-0.2, 0) is 4.79 Å². The van der Waals surface area contributed by atoms with Crippen LogP contribution in [0.5, 0.6) is 0 Å². The van der Waals surface area contributed by atoms with Gasteiger partial charge >= 0.3 is 0 Å². The average molecular weight is 299 g/mol. The molecule has 5 heteroatoms. The Balaban J connectivity index is 2.00. The first-order chi connectivity index (χ1) is 9.47. The van der Waals surface area contributed by atoms with Crippen molar-refractivity contribution in [1.82, 2.24) is 4.90 Å². The van der Waals surface area contributed by atoms with Gasteiger partial charge in [0, 0.05) is 11.6 Å². The summed E-state index contributed by atoms with van der Waals surface area (Å²) in [4.78, 5) is 14.4. The molecule has 1 fully saturated rings. The lowest BCUT2D eigenvalue weighted by Crippen LogP contribution is -2.46. The third-order valence-corrected chi connectivity index (χ3v) is 4.04. The van der Waals surface area contributed by atoms with E-state index < -0.39 is 5.82 Å². The Morgan fingerprint density at radius 3 is 2.95 bits per heavy atom. The predicted molar refractivity (Wildman–Crippen MR) is 79.5 cm³/mol. The molecule has 0 aromatic heterocycles. The number of benzene rings is 1. The lowest BCUT2D eigenvalue weighted by Gasteiger charge is -2.34. The maximum absolute atomic E-state index is 13.7. The van der Waals surface area contributed by atoms with Crippen molar-refractivity contribution in [2.24, 2.45) is 5.92 Å². The summed E-state index contributed by atoms with van der Waals surface area (Å²) in [6, 6.07) is 3.99. The fourth-order valence-electron chi connectivity index (χ4n) is 2.57. The topological polar surface area (TPSA) is 32.3 Å². The number of nitrogens with zero attached hydrogens (tertiary/aromatic N) is 1. The predicted octanol–water partition coefficient (Wildman–Crippen LogP) is 3.54. The Hall–Kier alpha value is -1.13. The smallest absolute Gasteiger partial charge is 0.241 e. The molecule has 0 spiro atoms. The Bertz CT molecular complexity index is 495. The van der Waals surface area contributed by atoms with Crippen LogP contribution in [-0.4, -0.2) is 29.9 Å². The molecule has 0 bridgehead atoms. The van der Waals surface area contributed by atoms with Gasteiger partial charge in [0.05, 0.1) is 11.7 Å². The molecule has 1 aliphatic rings. The third-order valence-electron chi connectivity index (χ3n) is 3.80. The van der Waals surface area contributed by atoms with E-state index in [2.05, 4.69) is 17.1 Å². The van der Waals surface area contributed by atoms with Crippen LogP contribution in [0, 0.1) is 11.7 Å². The second-order valence-corrected chi connectivity index (χ2v) is 5.97. The average Bonchev–Trinajstić information content (AvgIpc) is 2.41. The molecule has 1 aromatic rings. The zero-order chi connectivity index (χ0) is 14.7. The highest BCUT2D eigenvalue weighted by molar-refractivity contribution is 6.30. The van der Waals surface area contributed by atoms with Crippen molar-refractivity contribution in [2.45, 2.75) is 32.7 Å². The van der Waals surface area contributed by atoms with Crippen LogP contribution in [0.4, 0.5) is 10.1 Å². The first-order valence-corrected chi connectivity index (χ1v) is 7.35. The highest BCUT2D eigenvalue weighted by atomic mass is 35.5. The Morgan fingerprint density at radius 1 is 1.55 bits per heavy atom. The number of carbonyl (C=O) groups excluding carboxylic acids is 1. The van der Waals surface area contributed by atoms with Crippen molar-refractivity contribution < 1.29 is 9.18 Å². The van der Waals surface area contributed by atoms with Gasteiger partial charge in [0.2, 0.25) is 5.91 Å². The minimum atomic E-state index is -0.509. The Morgan fingerprint density at radius 2 is 2.30 bits per heavy atom. The molecule has 110 valence electrons. The fourth-order valence-corrected chi connectivity index (χ4v) is 2.73. The molecule has 0 aliphatic carbocycles. The van der Waals surface area contributed by atoms with E-state index in [0.717, 1.165) is 19.5 Å². The van der Waals surface area contributed by atoms with Crippen LogP contribution < -0.4 is 5.32 Å². The van der Waals surface area contributed by atoms with E-state index in [0.29, 0.717) is 10.9 Å². The van der Waals surface area contributed by atoms with Gasteiger partial charge in [-0.3, -0.25) is 9.69 Å². The van der Waals surface area contributed by atoms with Crippen molar-refractivity contribution in [3.05, 3.63) is 29.0 Å². The summed E-state index contributed by atoms with van der Waals surface area (Å²) >= 11 is 5.69. The highest BCUT2D eigenvalue weighted by Crippen LogP contribution is 2.21. The SMILES string of the molecule is C[C@@H]1CCCN([C@@H](C)C(=O)Nc2ccc(Cl)cc2F)C1. The highest BCUT2D eigenvalue weighted by Gasteiger charge is 2.26. The number of anilines is 1. The molecule has 0 radical (unpaired) electrons. The molecular weight excluding hydrogens is 279 g/mol. The summed E-state index contributed by atoms with van der Waals surface area (Å²) in [6.45, 7) is 5.89. The van der Waals surface area contributed by atoms with Crippen LogP contribution in [0.2, 0.25) is 5.02 Å². The molecule has 1 heterocycles. The second kappa shape index (κ2) is 6.55. The van der Waals surface area contributed by atoms with Crippen LogP contribution in [0.25, 0.3) is 0 Å². The summed E-state index contributed by atoms with van der Waals surface area (Å²) in [5.41, 5.74) is 0.177. The lowest BCUT2D eigenvalue weighted by molar-refractivity contribution is -0.121. The van der Waals surface area contributed by atoms with Gasteiger partial charge in [0.1, 0.15) is 5.82 Å². The molecule has 1 aromatic carbocycles. The third kappa shape index (κ3) is 3.70. The van der Waals surface area contributed by atoms with Crippen LogP contribution in [0.1, 0.15) is 26.7 Å². The second-order valence-electron chi connectivity index (χ2n) is 5.53. The van der Waals surface area contributed by atoms with Crippen molar-refractivity contribution >= 4 is 23.2 Å². The maximum Gasteiger partial charge on any atom is 0.241 e. The summed E-state index contributed by atoms with van der Waals surface area (Å²) in [5, 5.41) is 2.95. The molecule has 2 atom stereocenters. The van der Waals surface area contributed by atoms with Crippen LogP contribution in [0.3, 0.4) is 0 Å².